The first kappa shape index (κ1) is 9.98. The average molecular weight is 205 g/mol. The van der Waals surface area contributed by atoms with Crippen molar-refractivity contribution in [2.75, 3.05) is 17.2 Å². The summed E-state index contributed by atoms with van der Waals surface area (Å²) in [6.07, 6.45) is 0.410. The van der Waals surface area contributed by atoms with E-state index in [2.05, 4.69) is 0 Å². The minimum Gasteiger partial charge on any atom is -0.397 e. The molecule has 1 heterocycles. The van der Waals surface area contributed by atoms with Crippen LogP contribution in [0.4, 0.5) is 11.4 Å². The van der Waals surface area contributed by atoms with Crippen molar-refractivity contribution in [2.24, 2.45) is 5.73 Å². The van der Waals surface area contributed by atoms with Crippen molar-refractivity contribution in [3.8, 4) is 0 Å². The largest absolute Gasteiger partial charge is 0.397 e. The number of aryl methyl sites for hydroxylation is 1. The number of hydrogen-bond donors (Lipinski definition) is 2. The van der Waals surface area contributed by atoms with Crippen molar-refractivity contribution in [3.05, 3.63) is 23.8 Å². The second kappa shape index (κ2) is 3.55. The standard InChI is InChI=1S/C11H15N3O/c1-7-3-2-4-9(13)11(7)14-6-8(12)5-10(14)15/h2-4,8H,5-6,12-13H2,1H3. The Bertz CT molecular complexity index is 383. The van der Waals surface area contributed by atoms with E-state index in [9.17, 15) is 4.79 Å². The molecule has 15 heavy (non-hydrogen) atoms. The monoisotopic (exact) mass is 205 g/mol. The summed E-state index contributed by atoms with van der Waals surface area (Å²) in [4.78, 5) is 13.4. The highest BCUT2D eigenvalue weighted by Crippen LogP contribution is 2.30. The zero-order valence-corrected chi connectivity index (χ0v) is 8.73. The van der Waals surface area contributed by atoms with Crippen LogP contribution in [0.25, 0.3) is 0 Å². The van der Waals surface area contributed by atoms with Crippen LogP contribution in [0.3, 0.4) is 0 Å². The molecule has 4 nitrogen and oxygen atoms in total. The van der Waals surface area contributed by atoms with Gasteiger partial charge in [0.2, 0.25) is 5.91 Å². The number of amides is 1. The number of anilines is 2. The molecule has 1 amide bonds. The fraction of sp³-hybridized carbons (Fsp3) is 0.364. The minimum atomic E-state index is -0.0727. The zero-order chi connectivity index (χ0) is 11.0. The summed E-state index contributed by atoms with van der Waals surface area (Å²) >= 11 is 0. The molecule has 80 valence electrons. The first-order chi connectivity index (χ1) is 7.09. The Morgan fingerprint density at radius 2 is 2.20 bits per heavy atom. The normalized spacial score (nSPS) is 21.1. The Morgan fingerprint density at radius 3 is 2.73 bits per heavy atom. The van der Waals surface area contributed by atoms with Gasteiger partial charge in [-0.3, -0.25) is 4.79 Å². The SMILES string of the molecule is Cc1cccc(N)c1N1CC(N)CC1=O. The van der Waals surface area contributed by atoms with Crippen LogP contribution in [0.15, 0.2) is 18.2 Å². The van der Waals surface area contributed by atoms with E-state index in [1.165, 1.54) is 0 Å². The van der Waals surface area contributed by atoms with Gasteiger partial charge in [-0.2, -0.15) is 0 Å². The molecule has 0 saturated carbocycles. The third kappa shape index (κ3) is 1.68. The zero-order valence-electron chi connectivity index (χ0n) is 8.73. The number of nitrogens with two attached hydrogens (primary N) is 2. The first-order valence-corrected chi connectivity index (χ1v) is 5.00. The minimum absolute atomic E-state index is 0.0588. The van der Waals surface area contributed by atoms with Crippen LogP contribution in [-0.4, -0.2) is 18.5 Å². The number of benzene rings is 1. The van der Waals surface area contributed by atoms with Gasteiger partial charge in [-0.15, -0.1) is 0 Å². The molecular weight excluding hydrogens is 190 g/mol. The van der Waals surface area contributed by atoms with Gasteiger partial charge in [0, 0.05) is 19.0 Å². The Kier molecular flexibility index (Phi) is 2.36. The molecule has 1 aliphatic heterocycles. The summed E-state index contributed by atoms with van der Waals surface area (Å²) in [7, 11) is 0. The van der Waals surface area contributed by atoms with Crippen molar-refractivity contribution in [2.45, 2.75) is 19.4 Å². The highest BCUT2D eigenvalue weighted by Gasteiger charge is 2.29. The molecule has 4 N–H and O–H groups in total. The molecule has 0 spiro atoms. The molecule has 1 aromatic rings. The summed E-state index contributed by atoms with van der Waals surface area (Å²) in [5.74, 6) is 0.0588. The maximum Gasteiger partial charge on any atom is 0.228 e. The van der Waals surface area contributed by atoms with E-state index in [0.717, 1.165) is 11.3 Å². The quantitative estimate of drug-likeness (QED) is 0.661. The van der Waals surface area contributed by atoms with Crippen molar-refractivity contribution in [1.29, 1.82) is 0 Å². The van der Waals surface area contributed by atoms with Crippen molar-refractivity contribution in [3.63, 3.8) is 0 Å². The molecule has 0 aromatic heterocycles. The van der Waals surface area contributed by atoms with Gasteiger partial charge in [0.05, 0.1) is 11.4 Å². The van der Waals surface area contributed by atoms with Crippen LogP contribution >= 0.6 is 0 Å². The van der Waals surface area contributed by atoms with E-state index >= 15 is 0 Å². The summed E-state index contributed by atoms with van der Waals surface area (Å²) in [6.45, 7) is 2.51. The van der Waals surface area contributed by atoms with Gasteiger partial charge in [0.25, 0.3) is 0 Å². The molecule has 1 unspecified atom stereocenters. The van der Waals surface area contributed by atoms with Crippen LogP contribution in [0.2, 0.25) is 0 Å². The van der Waals surface area contributed by atoms with Crippen LogP contribution in [0.5, 0.6) is 0 Å². The highest BCUT2D eigenvalue weighted by molar-refractivity contribution is 5.99. The Labute approximate surface area is 88.9 Å². The fourth-order valence-corrected chi connectivity index (χ4v) is 2.00. The number of carbonyl (C=O) groups is 1. The maximum absolute atomic E-state index is 11.7. The van der Waals surface area contributed by atoms with Crippen molar-refractivity contribution in [1.82, 2.24) is 0 Å². The molecule has 2 rings (SSSR count). The van der Waals surface area contributed by atoms with Crippen molar-refractivity contribution >= 4 is 17.3 Å². The average Bonchev–Trinajstić information content (AvgIpc) is 2.45. The Hall–Kier alpha value is -1.55. The number of para-hydroxylation sites is 1. The van der Waals surface area contributed by atoms with E-state index < -0.39 is 0 Å². The number of hydrogen-bond acceptors (Lipinski definition) is 3. The van der Waals surface area contributed by atoms with Gasteiger partial charge in [-0.25, -0.2) is 0 Å². The van der Waals surface area contributed by atoms with E-state index in [-0.39, 0.29) is 11.9 Å². The lowest BCUT2D eigenvalue weighted by molar-refractivity contribution is -0.117. The molecule has 4 heteroatoms. The smallest absolute Gasteiger partial charge is 0.228 e. The summed E-state index contributed by atoms with van der Waals surface area (Å²) in [5, 5.41) is 0. The summed E-state index contributed by atoms with van der Waals surface area (Å²) in [5.41, 5.74) is 14.1. The Balaban J connectivity index is 2.41. The molecular formula is C11H15N3O. The van der Waals surface area contributed by atoms with Gasteiger partial charge in [-0.1, -0.05) is 12.1 Å². The van der Waals surface area contributed by atoms with Crippen LogP contribution in [0.1, 0.15) is 12.0 Å². The lowest BCUT2D eigenvalue weighted by Crippen LogP contribution is -2.29. The van der Waals surface area contributed by atoms with Gasteiger partial charge in [-0.05, 0) is 18.6 Å². The second-order valence-electron chi connectivity index (χ2n) is 3.98. The number of rotatable bonds is 1. The molecule has 1 saturated heterocycles. The van der Waals surface area contributed by atoms with Gasteiger partial charge in [0.1, 0.15) is 0 Å². The number of nitrogen functional groups attached to an aromatic ring is 1. The van der Waals surface area contributed by atoms with Crippen LogP contribution in [0, 0.1) is 6.92 Å². The topological polar surface area (TPSA) is 72.3 Å². The molecule has 1 fully saturated rings. The van der Waals surface area contributed by atoms with Gasteiger partial charge < -0.3 is 16.4 Å². The maximum atomic E-state index is 11.7. The first-order valence-electron chi connectivity index (χ1n) is 5.00. The number of nitrogens with zero attached hydrogens (tertiary/aromatic N) is 1. The molecule has 0 bridgehead atoms. The lowest BCUT2D eigenvalue weighted by Gasteiger charge is -2.20. The molecule has 0 aliphatic carbocycles. The van der Waals surface area contributed by atoms with Crippen LogP contribution in [-0.2, 0) is 4.79 Å². The predicted octanol–water partition coefficient (Wildman–Crippen LogP) is 0.641. The van der Waals surface area contributed by atoms with E-state index in [0.29, 0.717) is 18.7 Å². The second-order valence-corrected chi connectivity index (χ2v) is 3.98. The third-order valence-corrected chi connectivity index (χ3v) is 2.69. The van der Waals surface area contributed by atoms with Gasteiger partial charge in [0.15, 0.2) is 0 Å². The molecule has 1 atom stereocenters. The lowest BCUT2D eigenvalue weighted by atomic mass is 10.1. The summed E-state index contributed by atoms with van der Waals surface area (Å²) in [6, 6.07) is 5.56. The highest BCUT2D eigenvalue weighted by atomic mass is 16.2. The fourth-order valence-electron chi connectivity index (χ4n) is 2.00. The van der Waals surface area contributed by atoms with E-state index in [4.69, 9.17) is 11.5 Å². The van der Waals surface area contributed by atoms with Crippen LogP contribution < -0.4 is 16.4 Å². The Morgan fingerprint density at radius 1 is 1.47 bits per heavy atom. The van der Waals surface area contributed by atoms with Gasteiger partial charge >= 0.3 is 0 Å². The van der Waals surface area contributed by atoms with E-state index in [1.54, 1.807) is 11.0 Å². The third-order valence-electron chi connectivity index (χ3n) is 2.69. The molecule has 0 radical (unpaired) electrons. The number of carbonyl (C=O) groups excluding carboxylic acids is 1. The predicted molar refractivity (Wildman–Crippen MR) is 60.5 cm³/mol. The molecule has 1 aromatic carbocycles. The molecule has 1 aliphatic rings. The summed E-state index contributed by atoms with van der Waals surface area (Å²) < 4.78 is 0. The van der Waals surface area contributed by atoms with Crippen molar-refractivity contribution < 1.29 is 4.79 Å². The van der Waals surface area contributed by atoms with E-state index in [1.807, 2.05) is 19.1 Å².